The zero-order chi connectivity index (χ0) is 17.2. The van der Waals surface area contributed by atoms with Crippen LogP contribution in [-0.4, -0.2) is 50.5 Å². The Bertz CT molecular complexity index is 551. The van der Waals surface area contributed by atoms with Crippen molar-refractivity contribution in [2.45, 2.75) is 26.7 Å². The van der Waals surface area contributed by atoms with Gasteiger partial charge in [0.25, 0.3) is 5.91 Å². The lowest BCUT2D eigenvalue weighted by Gasteiger charge is -2.21. The predicted octanol–water partition coefficient (Wildman–Crippen LogP) is 2.79. The molecular weight excluding hydrogens is 422 g/mol. The highest BCUT2D eigenvalue weighted by Gasteiger charge is 2.08. The molecule has 24 heavy (non-hydrogen) atoms. The van der Waals surface area contributed by atoms with E-state index in [1.807, 2.05) is 7.05 Å². The zero-order valence-corrected chi connectivity index (χ0v) is 17.2. The van der Waals surface area contributed by atoms with Crippen molar-refractivity contribution >= 4 is 35.8 Å². The van der Waals surface area contributed by atoms with E-state index in [9.17, 15) is 9.18 Å². The maximum absolute atomic E-state index is 13.5. The number of aryl methyl sites for hydroxylation is 1. The fourth-order valence-corrected chi connectivity index (χ4v) is 2.07. The first-order valence-corrected chi connectivity index (χ1v) is 7.95. The third-order valence-corrected chi connectivity index (χ3v) is 3.55. The van der Waals surface area contributed by atoms with Crippen LogP contribution in [0.3, 0.4) is 0 Å². The maximum atomic E-state index is 13.5. The quantitative estimate of drug-likeness (QED) is 0.291. The molecule has 0 heterocycles. The molecular formula is C17H28FIN4O. The van der Waals surface area contributed by atoms with Crippen molar-refractivity contribution in [1.29, 1.82) is 0 Å². The molecule has 0 saturated carbocycles. The molecule has 0 aromatic heterocycles. The van der Waals surface area contributed by atoms with Crippen LogP contribution in [0.15, 0.2) is 23.2 Å². The summed E-state index contributed by atoms with van der Waals surface area (Å²) in [6.07, 6.45) is 2.23. The number of amides is 1. The average Bonchev–Trinajstić information content (AvgIpc) is 2.55. The van der Waals surface area contributed by atoms with Crippen LogP contribution >= 0.6 is 24.0 Å². The maximum Gasteiger partial charge on any atom is 0.251 e. The summed E-state index contributed by atoms with van der Waals surface area (Å²) in [6.45, 7) is 5.75. The highest BCUT2D eigenvalue weighted by Crippen LogP contribution is 2.08. The van der Waals surface area contributed by atoms with Crippen molar-refractivity contribution < 1.29 is 9.18 Å². The molecule has 0 radical (unpaired) electrons. The second-order valence-corrected chi connectivity index (χ2v) is 5.47. The van der Waals surface area contributed by atoms with E-state index in [1.54, 1.807) is 26.1 Å². The minimum atomic E-state index is -0.367. The monoisotopic (exact) mass is 450 g/mol. The molecule has 0 aliphatic rings. The number of unbranched alkanes of at least 4 members (excludes halogenated alkanes) is 1. The molecule has 1 amide bonds. The SMILES string of the molecule is CCCCN(C)C(=NC)NCCNC(=O)c1ccc(C)c(F)c1.I. The zero-order valence-electron chi connectivity index (χ0n) is 14.9. The van der Waals surface area contributed by atoms with Crippen LogP contribution in [0.1, 0.15) is 35.7 Å². The highest BCUT2D eigenvalue weighted by atomic mass is 127. The molecule has 0 saturated heterocycles. The third kappa shape index (κ3) is 7.46. The lowest BCUT2D eigenvalue weighted by Crippen LogP contribution is -2.42. The summed E-state index contributed by atoms with van der Waals surface area (Å²) in [5.41, 5.74) is 0.861. The van der Waals surface area contributed by atoms with Crippen molar-refractivity contribution in [1.82, 2.24) is 15.5 Å². The van der Waals surface area contributed by atoms with Gasteiger partial charge < -0.3 is 15.5 Å². The number of halogens is 2. The Morgan fingerprint density at radius 3 is 2.54 bits per heavy atom. The molecule has 0 spiro atoms. The van der Waals surface area contributed by atoms with Crippen LogP contribution in [0.5, 0.6) is 0 Å². The van der Waals surface area contributed by atoms with Gasteiger partial charge in [0.1, 0.15) is 5.82 Å². The van der Waals surface area contributed by atoms with Crippen LogP contribution in [-0.2, 0) is 0 Å². The summed E-state index contributed by atoms with van der Waals surface area (Å²) in [5, 5.41) is 5.96. The van der Waals surface area contributed by atoms with Crippen molar-refractivity contribution in [3.8, 4) is 0 Å². The van der Waals surface area contributed by atoms with Gasteiger partial charge in [-0.1, -0.05) is 19.4 Å². The van der Waals surface area contributed by atoms with E-state index in [2.05, 4.69) is 27.4 Å². The standard InChI is InChI=1S/C17H27FN4O.HI/c1-5-6-11-22(4)17(19-3)21-10-9-20-16(23)14-8-7-13(2)15(18)12-14;/h7-8,12H,5-6,9-11H2,1-4H3,(H,19,21)(H,20,23);1H. The van der Waals surface area contributed by atoms with E-state index in [0.717, 1.165) is 25.3 Å². The Morgan fingerprint density at radius 2 is 1.96 bits per heavy atom. The van der Waals surface area contributed by atoms with E-state index >= 15 is 0 Å². The number of hydrogen-bond acceptors (Lipinski definition) is 2. The lowest BCUT2D eigenvalue weighted by molar-refractivity contribution is 0.0954. The van der Waals surface area contributed by atoms with E-state index in [0.29, 0.717) is 24.2 Å². The second-order valence-electron chi connectivity index (χ2n) is 5.47. The van der Waals surface area contributed by atoms with E-state index in [1.165, 1.54) is 6.07 Å². The number of carbonyl (C=O) groups excluding carboxylic acids is 1. The highest BCUT2D eigenvalue weighted by molar-refractivity contribution is 14.0. The number of rotatable bonds is 7. The van der Waals surface area contributed by atoms with Gasteiger partial charge in [-0.05, 0) is 31.0 Å². The third-order valence-electron chi connectivity index (χ3n) is 3.55. The van der Waals surface area contributed by atoms with Crippen LogP contribution in [0.4, 0.5) is 4.39 Å². The topological polar surface area (TPSA) is 56.7 Å². The Kier molecular flexibility index (Phi) is 11.4. The number of nitrogens with zero attached hydrogens (tertiary/aromatic N) is 2. The smallest absolute Gasteiger partial charge is 0.251 e. The summed E-state index contributed by atoms with van der Waals surface area (Å²) in [7, 11) is 3.72. The first-order valence-electron chi connectivity index (χ1n) is 7.95. The predicted molar refractivity (Wildman–Crippen MR) is 108 cm³/mol. The first-order chi connectivity index (χ1) is 11.0. The van der Waals surface area contributed by atoms with Gasteiger partial charge in [0.05, 0.1) is 0 Å². The van der Waals surface area contributed by atoms with Gasteiger partial charge in [0.2, 0.25) is 0 Å². The fourth-order valence-electron chi connectivity index (χ4n) is 2.07. The van der Waals surface area contributed by atoms with Crippen LogP contribution in [0, 0.1) is 12.7 Å². The summed E-state index contributed by atoms with van der Waals surface area (Å²) in [4.78, 5) is 18.2. The van der Waals surface area contributed by atoms with Crippen LogP contribution in [0.25, 0.3) is 0 Å². The summed E-state index contributed by atoms with van der Waals surface area (Å²) < 4.78 is 13.5. The second kappa shape index (κ2) is 12.0. The van der Waals surface area contributed by atoms with Crippen molar-refractivity contribution in [3.63, 3.8) is 0 Å². The fraction of sp³-hybridized carbons (Fsp3) is 0.529. The molecule has 0 unspecified atom stereocenters. The summed E-state index contributed by atoms with van der Waals surface area (Å²) in [5.74, 6) is 0.155. The molecule has 1 aromatic rings. The van der Waals surface area contributed by atoms with Gasteiger partial charge >= 0.3 is 0 Å². The number of benzene rings is 1. The molecule has 0 fully saturated rings. The molecule has 0 aliphatic carbocycles. The van der Waals surface area contributed by atoms with Gasteiger partial charge in [0.15, 0.2) is 5.96 Å². The molecule has 0 atom stereocenters. The number of aliphatic imine (C=N–C) groups is 1. The molecule has 1 rings (SSSR count). The van der Waals surface area contributed by atoms with Gasteiger partial charge in [-0.2, -0.15) is 0 Å². The van der Waals surface area contributed by atoms with E-state index < -0.39 is 0 Å². The van der Waals surface area contributed by atoms with Crippen molar-refractivity contribution in [2.75, 3.05) is 33.7 Å². The molecule has 1 aromatic carbocycles. The number of guanidine groups is 1. The molecule has 136 valence electrons. The average molecular weight is 450 g/mol. The number of carbonyl (C=O) groups is 1. The molecule has 0 aliphatic heterocycles. The van der Waals surface area contributed by atoms with Crippen molar-refractivity contribution in [3.05, 3.63) is 35.1 Å². The van der Waals surface area contributed by atoms with Crippen LogP contribution < -0.4 is 10.6 Å². The van der Waals surface area contributed by atoms with E-state index in [4.69, 9.17) is 0 Å². The molecule has 5 nitrogen and oxygen atoms in total. The van der Waals surface area contributed by atoms with Gasteiger partial charge in [-0.15, -0.1) is 24.0 Å². The summed E-state index contributed by atoms with van der Waals surface area (Å²) >= 11 is 0. The normalized spacial score (nSPS) is 10.8. The molecule has 7 heteroatoms. The number of nitrogens with one attached hydrogen (secondary N) is 2. The van der Waals surface area contributed by atoms with Crippen LogP contribution in [0.2, 0.25) is 0 Å². The minimum absolute atomic E-state index is 0. The largest absolute Gasteiger partial charge is 0.354 e. The Morgan fingerprint density at radius 1 is 1.29 bits per heavy atom. The Hall–Kier alpha value is -1.38. The van der Waals surface area contributed by atoms with Gasteiger partial charge in [-0.3, -0.25) is 9.79 Å². The van der Waals surface area contributed by atoms with Gasteiger partial charge in [0, 0.05) is 39.3 Å². The van der Waals surface area contributed by atoms with E-state index in [-0.39, 0.29) is 35.7 Å². The first kappa shape index (κ1) is 22.6. The molecule has 2 N–H and O–H groups in total. The van der Waals surface area contributed by atoms with Gasteiger partial charge in [-0.25, -0.2) is 4.39 Å². The summed E-state index contributed by atoms with van der Waals surface area (Å²) in [6, 6.07) is 4.49. The lowest BCUT2D eigenvalue weighted by atomic mass is 10.1. The number of hydrogen-bond donors (Lipinski definition) is 2. The van der Waals surface area contributed by atoms with Crippen molar-refractivity contribution in [2.24, 2.45) is 4.99 Å². The Labute approximate surface area is 161 Å². The Balaban J connectivity index is 0.00000529. The minimum Gasteiger partial charge on any atom is -0.354 e. The molecule has 0 bridgehead atoms.